The van der Waals surface area contributed by atoms with Crippen LogP contribution >= 0.6 is 0 Å². The zero-order valence-corrected chi connectivity index (χ0v) is 24.4. The van der Waals surface area contributed by atoms with Gasteiger partial charge in [-0.2, -0.15) is 0 Å². The van der Waals surface area contributed by atoms with Crippen LogP contribution < -0.4 is 15.4 Å². The fourth-order valence-corrected chi connectivity index (χ4v) is 5.99. The molecule has 13 heteroatoms. The number of benzene rings is 1. The molecule has 1 unspecified atom stereocenters. The number of nitrogens with zero attached hydrogens (tertiary/aromatic N) is 3. The first-order valence-corrected chi connectivity index (χ1v) is 15.0. The molecule has 1 aromatic heterocycles. The first-order chi connectivity index (χ1) is 20.8. The Bertz CT molecular complexity index is 1180. The Hall–Kier alpha value is -3.00. The number of amides is 1. The molecule has 0 saturated carbocycles. The van der Waals surface area contributed by atoms with Crippen LogP contribution in [0.3, 0.4) is 0 Å². The van der Waals surface area contributed by atoms with E-state index in [1.807, 2.05) is 4.90 Å². The van der Waals surface area contributed by atoms with Crippen LogP contribution in [-0.4, -0.2) is 91.9 Å². The maximum atomic E-state index is 13.2. The van der Waals surface area contributed by atoms with E-state index < -0.39 is 6.36 Å². The summed E-state index contributed by atoms with van der Waals surface area (Å²) in [6, 6.07) is 7.84. The fourth-order valence-electron chi connectivity index (χ4n) is 5.99. The molecular formula is C30H40F3N5O5. The van der Waals surface area contributed by atoms with Gasteiger partial charge in [0.15, 0.2) is 0 Å². The molecule has 5 rings (SSSR count). The predicted molar refractivity (Wildman–Crippen MR) is 152 cm³/mol. The molecule has 10 nitrogen and oxygen atoms in total. The molecular weight excluding hydrogens is 567 g/mol. The van der Waals surface area contributed by atoms with Crippen molar-refractivity contribution in [1.29, 1.82) is 0 Å². The fraction of sp³-hybridized carbons (Fsp3) is 0.633. The molecule has 2 aromatic rings. The van der Waals surface area contributed by atoms with E-state index in [1.165, 1.54) is 18.5 Å². The lowest BCUT2D eigenvalue weighted by atomic mass is 9.95. The zero-order chi connectivity index (χ0) is 30.2. The lowest BCUT2D eigenvalue weighted by Gasteiger charge is -2.35. The van der Waals surface area contributed by atoms with Crippen molar-refractivity contribution in [3.05, 3.63) is 47.9 Å². The lowest BCUT2D eigenvalue weighted by molar-refractivity contribution is -0.274. The van der Waals surface area contributed by atoms with E-state index in [0.29, 0.717) is 49.7 Å². The number of hydrogen-bond donors (Lipinski definition) is 2. The van der Waals surface area contributed by atoms with Crippen LogP contribution in [-0.2, 0) is 14.2 Å². The van der Waals surface area contributed by atoms with E-state index in [2.05, 4.69) is 25.3 Å². The average molecular weight is 608 g/mol. The number of alkyl halides is 3. The van der Waals surface area contributed by atoms with E-state index in [4.69, 9.17) is 14.2 Å². The molecule has 2 N–H and O–H groups in total. The number of methoxy groups -OCH3 is 1. The topological polar surface area (TPSA) is 107 Å². The van der Waals surface area contributed by atoms with Crippen LogP contribution in [0.1, 0.15) is 60.7 Å². The summed E-state index contributed by atoms with van der Waals surface area (Å²) in [7, 11) is 1.73. The highest BCUT2D eigenvalue weighted by atomic mass is 19.4. The van der Waals surface area contributed by atoms with Crippen molar-refractivity contribution in [3.8, 4) is 5.75 Å². The largest absolute Gasteiger partial charge is 0.573 e. The van der Waals surface area contributed by atoms with Gasteiger partial charge < -0.3 is 34.5 Å². The summed E-state index contributed by atoms with van der Waals surface area (Å²) in [6.07, 6.45) is 1.70. The first-order valence-electron chi connectivity index (χ1n) is 15.0. The van der Waals surface area contributed by atoms with Crippen LogP contribution in [0.25, 0.3) is 0 Å². The molecule has 3 aliphatic rings. The predicted octanol–water partition coefficient (Wildman–Crippen LogP) is 4.34. The van der Waals surface area contributed by atoms with Gasteiger partial charge in [0.25, 0.3) is 5.91 Å². The van der Waals surface area contributed by atoms with Gasteiger partial charge in [0, 0.05) is 57.9 Å². The molecule has 3 aliphatic heterocycles. The van der Waals surface area contributed by atoms with Crippen LogP contribution in [0.4, 0.5) is 19.0 Å². The molecule has 0 radical (unpaired) electrons. The SMILES string of the molecule is CO[C@@H]1COCCC1CNC1CCN(C(=O)c2cc(NC[C@H]3CCC[C@@H](c4ccc(OC(F)(F)F)cc4)O3)ncn2)CC1. The Labute approximate surface area is 249 Å². The van der Waals surface area contributed by atoms with Gasteiger partial charge >= 0.3 is 6.36 Å². The molecule has 1 amide bonds. The molecule has 0 spiro atoms. The monoisotopic (exact) mass is 607 g/mol. The van der Waals surface area contributed by atoms with Crippen molar-refractivity contribution in [1.82, 2.24) is 20.2 Å². The van der Waals surface area contributed by atoms with Crippen molar-refractivity contribution >= 4 is 11.7 Å². The quantitative estimate of drug-likeness (QED) is 0.408. The highest BCUT2D eigenvalue weighted by molar-refractivity contribution is 5.93. The standard InChI is InChI=1S/C30H40F3N5O5/c1-40-27-18-41-14-11-21(27)16-34-22-9-12-38(13-10-22)29(39)25-15-28(37-19-36-25)35-17-24-3-2-4-26(42-24)20-5-7-23(8-6-20)43-30(31,32)33/h5-8,15,19,21-22,24,26-27,34H,2-4,9-14,16-18H2,1H3,(H,35,36,37)/t21?,24-,26+,27-/m1/s1. The van der Waals surface area contributed by atoms with Crippen LogP contribution in [0.5, 0.6) is 5.75 Å². The van der Waals surface area contributed by atoms with Gasteiger partial charge in [-0.05, 0) is 56.2 Å². The minimum atomic E-state index is -4.72. The Balaban J connectivity index is 1.07. The second kappa shape index (κ2) is 14.7. The maximum absolute atomic E-state index is 13.2. The minimum Gasteiger partial charge on any atom is -0.406 e. The molecule has 0 aliphatic carbocycles. The smallest absolute Gasteiger partial charge is 0.406 e. The number of halogens is 3. The second-order valence-electron chi connectivity index (χ2n) is 11.3. The number of aromatic nitrogens is 2. The molecule has 1 aromatic carbocycles. The molecule has 3 saturated heterocycles. The number of carbonyl (C=O) groups is 1. The minimum absolute atomic E-state index is 0.111. The second-order valence-corrected chi connectivity index (χ2v) is 11.3. The Morgan fingerprint density at radius 3 is 2.60 bits per heavy atom. The summed E-state index contributed by atoms with van der Waals surface area (Å²) >= 11 is 0. The van der Waals surface area contributed by atoms with Gasteiger partial charge in [0.1, 0.15) is 23.6 Å². The normalized spacial score (nSPS) is 25.3. The van der Waals surface area contributed by atoms with Crippen molar-refractivity contribution < 1.29 is 36.9 Å². The summed E-state index contributed by atoms with van der Waals surface area (Å²) in [5, 5.41) is 6.93. The van der Waals surface area contributed by atoms with Crippen molar-refractivity contribution in [2.75, 3.05) is 51.8 Å². The number of anilines is 1. The van der Waals surface area contributed by atoms with Crippen LogP contribution in [0, 0.1) is 5.92 Å². The molecule has 236 valence electrons. The highest BCUT2D eigenvalue weighted by Crippen LogP contribution is 2.33. The van der Waals surface area contributed by atoms with E-state index >= 15 is 0 Å². The molecule has 4 atom stereocenters. The van der Waals surface area contributed by atoms with E-state index in [1.54, 1.807) is 25.3 Å². The molecule has 3 fully saturated rings. The van der Waals surface area contributed by atoms with Gasteiger partial charge in [0.2, 0.25) is 0 Å². The van der Waals surface area contributed by atoms with E-state index in [0.717, 1.165) is 57.2 Å². The third kappa shape index (κ3) is 9.01. The Morgan fingerprint density at radius 2 is 1.86 bits per heavy atom. The number of ether oxygens (including phenoxy) is 4. The van der Waals surface area contributed by atoms with Crippen LogP contribution in [0.15, 0.2) is 36.7 Å². The van der Waals surface area contributed by atoms with Gasteiger partial charge in [-0.15, -0.1) is 13.2 Å². The first kappa shape index (κ1) is 31.4. The maximum Gasteiger partial charge on any atom is 0.573 e. The number of rotatable bonds is 10. The molecule has 43 heavy (non-hydrogen) atoms. The van der Waals surface area contributed by atoms with Gasteiger partial charge in [0.05, 0.1) is 24.9 Å². The number of piperidine rings is 1. The van der Waals surface area contributed by atoms with Gasteiger partial charge in [-0.1, -0.05) is 12.1 Å². The molecule has 4 heterocycles. The van der Waals surface area contributed by atoms with E-state index in [-0.39, 0.29) is 30.0 Å². The lowest BCUT2D eigenvalue weighted by Crippen LogP contribution is -2.48. The van der Waals surface area contributed by atoms with Gasteiger partial charge in [-0.3, -0.25) is 4.79 Å². The number of likely N-dealkylation sites (tertiary alicyclic amines) is 1. The summed E-state index contributed by atoms with van der Waals surface area (Å²) in [5.41, 5.74) is 1.15. The third-order valence-electron chi connectivity index (χ3n) is 8.43. The summed E-state index contributed by atoms with van der Waals surface area (Å²) in [6.45, 7) is 4.09. The van der Waals surface area contributed by atoms with Crippen molar-refractivity contribution in [3.63, 3.8) is 0 Å². The number of hydrogen-bond acceptors (Lipinski definition) is 9. The number of nitrogens with one attached hydrogen (secondary N) is 2. The summed E-state index contributed by atoms with van der Waals surface area (Å²) in [5.74, 6) is 0.605. The number of carbonyl (C=O) groups excluding carboxylic acids is 1. The highest BCUT2D eigenvalue weighted by Gasteiger charge is 2.32. The van der Waals surface area contributed by atoms with E-state index in [9.17, 15) is 18.0 Å². The zero-order valence-electron chi connectivity index (χ0n) is 24.4. The summed E-state index contributed by atoms with van der Waals surface area (Å²) < 4.78 is 58.6. The molecule has 0 bridgehead atoms. The Kier molecular flexibility index (Phi) is 10.7. The summed E-state index contributed by atoms with van der Waals surface area (Å²) in [4.78, 5) is 23.6. The van der Waals surface area contributed by atoms with Gasteiger partial charge in [-0.25, -0.2) is 9.97 Å². The Morgan fingerprint density at radius 1 is 1.07 bits per heavy atom. The van der Waals surface area contributed by atoms with Crippen molar-refractivity contribution in [2.24, 2.45) is 5.92 Å². The van der Waals surface area contributed by atoms with Crippen molar-refractivity contribution in [2.45, 2.75) is 69.2 Å². The third-order valence-corrected chi connectivity index (χ3v) is 8.43. The van der Waals surface area contributed by atoms with Crippen LogP contribution in [0.2, 0.25) is 0 Å². The average Bonchev–Trinajstić information content (AvgIpc) is 3.03.